The lowest BCUT2D eigenvalue weighted by Gasteiger charge is -2.38. The van der Waals surface area contributed by atoms with Crippen molar-refractivity contribution in [2.45, 2.75) is 64.9 Å². The monoisotopic (exact) mass is 453 g/mol. The lowest BCUT2D eigenvalue weighted by molar-refractivity contribution is -0.152. The first-order valence-corrected chi connectivity index (χ1v) is 11.3. The van der Waals surface area contributed by atoms with Crippen LogP contribution in [0.25, 0.3) is 0 Å². The van der Waals surface area contributed by atoms with Crippen LogP contribution in [0.4, 0.5) is 0 Å². The SMILES string of the molecule is COC(=O)CCO[C@H](CC1CC(=O)N(CCC(=O)OC)C(=O)C1)C1C[C@@H](C)CC(C)C1=O. The Balaban J connectivity index is 2.05. The van der Waals surface area contributed by atoms with Crippen molar-refractivity contribution in [1.29, 1.82) is 0 Å². The molecule has 0 aromatic heterocycles. The maximum Gasteiger partial charge on any atom is 0.307 e. The van der Waals surface area contributed by atoms with E-state index >= 15 is 0 Å². The molecule has 0 aromatic rings. The molecule has 1 aliphatic heterocycles. The average Bonchev–Trinajstić information content (AvgIpc) is 2.74. The Morgan fingerprint density at radius 1 is 0.969 bits per heavy atom. The molecule has 4 atom stereocenters. The molecule has 1 heterocycles. The second kappa shape index (κ2) is 12.1. The van der Waals surface area contributed by atoms with Crippen LogP contribution >= 0.6 is 0 Å². The number of carbonyl (C=O) groups is 5. The molecule has 0 aromatic carbocycles. The van der Waals surface area contributed by atoms with Gasteiger partial charge in [0.25, 0.3) is 0 Å². The van der Waals surface area contributed by atoms with Crippen molar-refractivity contribution in [2.24, 2.45) is 23.7 Å². The van der Waals surface area contributed by atoms with Gasteiger partial charge < -0.3 is 14.2 Å². The normalized spacial score (nSPS) is 25.6. The number of piperidine rings is 1. The highest BCUT2D eigenvalue weighted by atomic mass is 16.5. The maximum atomic E-state index is 12.9. The molecule has 0 spiro atoms. The summed E-state index contributed by atoms with van der Waals surface area (Å²) in [7, 11) is 2.56. The molecule has 1 saturated carbocycles. The molecule has 1 aliphatic carbocycles. The number of nitrogens with zero attached hydrogens (tertiary/aromatic N) is 1. The van der Waals surface area contributed by atoms with E-state index in [4.69, 9.17) is 4.74 Å². The molecule has 0 N–H and O–H groups in total. The highest BCUT2D eigenvalue weighted by molar-refractivity contribution is 5.98. The molecule has 9 heteroatoms. The molecule has 2 fully saturated rings. The molecule has 1 saturated heterocycles. The van der Waals surface area contributed by atoms with Gasteiger partial charge >= 0.3 is 11.9 Å². The summed E-state index contributed by atoms with van der Waals surface area (Å²) >= 11 is 0. The van der Waals surface area contributed by atoms with E-state index in [1.54, 1.807) is 0 Å². The largest absolute Gasteiger partial charge is 0.469 e. The third-order valence-electron chi connectivity index (χ3n) is 6.44. The molecule has 180 valence electrons. The van der Waals surface area contributed by atoms with Crippen LogP contribution in [-0.2, 0) is 38.2 Å². The summed E-state index contributed by atoms with van der Waals surface area (Å²) in [6.45, 7) is 4.15. The summed E-state index contributed by atoms with van der Waals surface area (Å²) < 4.78 is 15.2. The van der Waals surface area contributed by atoms with E-state index in [1.165, 1.54) is 14.2 Å². The highest BCUT2D eigenvalue weighted by Gasteiger charge is 2.41. The van der Waals surface area contributed by atoms with Gasteiger partial charge in [-0.15, -0.1) is 0 Å². The fourth-order valence-electron chi connectivity index (χ4n) is 4.79. The number of Topliss-reactive ketones (excluding diaryl/α,β-unsaturated/α-hetero) is 1. The van der Waals surface area contributed by atoms with Gasteiger partial charge in [-0.05, 0) is 31.1 Å². The summed E-state index contributed by atoms with van der Waals surface area (Å²) in [5, 5.41) is 0. The van der Waals surface area contributed by atoms with Gasteiger partial charge in [-0.25, -0.2) is 0 Å². The number of methoxy groups -OCH3 is 2. The van der Waals surface area contributed by atoms with E-state index < -0.39 is 18.0 Å². The van der Waals surface area contributed by atoms with Crippen LogP contribution in [0, 0.1) is 23.7 Å². The zero-order chi connectivity index (χ0) is 23.8. The first-order chi connectivity index (χ1) is 15.2. The van der Waals surface area contributed by atoms with Gasteiger partial charge in [0, 0.05) is 31.2 Å². The number of rotatable bonds is 10. The molecule has 2 amide bonds. The van der Waals surface area contributed by atoms with E-state index in [0.717, 1.165) is 11.3 Å². The molecule has 9 nitrogen and oxygen atoms in total. The molecular weight excluding hydrogens is 418 g/mol. The van der Waals surface area contributed by atoms with Gasteiger partial charge in [0.05, 0.1) is 39.8 Å². The topological polar surface area (TPSA) is 116 Å². The van der Waals surface area contributed by atoms with Crippen LogP contribution in [-0.4, -0.2) is 67.9 Å². The Hall–Kier alpha value is -2.29. The van der Waals surface area contributed by atoms with E-state index in [-0.39, 0.29) is 74.2 Å². The van der Waals surface area contributed by atoms with Gasteiger partial charge in [0.1, 0.15) is 5.78 Å². The van der Waals surface area contributed by atoms with Crippen LogP contribution < -0.4 is 0 Å². The zero-order valence-corrected chi connectivity index (χ0v) is 19.5. The summed E-state index contributed by atoms with van der Waals surface area (Å²) in [6.07, 6.45) is 1.77. The number of likely N-dealkylation sites (tertiary alicyclic amines) is 1. The summed E-state index contributed by atoms with van der Waals surface area (Å²) in [4.78, 5) is 62.0. The first kappa shape index (κ1) is 26.0. The standard InChI is InChI=1S/C23H35NO8/c1-14-9-15(2)23(29)17(10-14)18(32-8-6-22(28)31-4)11-16-12-19(25)24(20(26)13-16)7-5-21(27)30-3/h14-18H,5-13H2,1-4H3/t14-,15?,17?,18+/m0/s1. The Bertz CT molecular complexity index is 703. The molecule has 0 bridgehead atoms. The van der Waals surface area contributed by atoms with Crippen molar-refractivity contribution in [2.75, 3.05) is 27.4 Å². The van der Waals surface area contributed by atoms with Crippen LogP contribution in [0.1, 0.15) is 58.8 Å². The lowest BCUT2D eigenvalue weighted by Crippen LogP contribution is -2.46. The van der Waals surface area contributed by atoms with Crippen molar-refractivity contribution < 1.29 is 38.2 Å². The van der Waals surface area contributed by atoms with Crippen molar-refractivity contribution in [3.63, 3.8) is 0 Å². The van der Waals surface area contributed by atoms with Crippen LogP contribution in [0.2, 0.25) is 0 Å². The summed E-state index contributed by atoms with van der Waals surface area (Å²) in [5.41, 5.74) is 0. The fourth-order valence-corrected chi connectivity index (χ4v) is 4.79. The lowest BCUT2D eigenvalue weighted by atomic mass is 9.71. The van der Waals surface area contributed by atoms with E-state index in [9.17, 15) is 24.0 Å². The van der Waals surface area contributed by atoms with Crippen molar-refractivity contribution in [3.05, 3.63) is 0 Å². The minimum absolute atomic E-state index is 0.00621. The number of hydrogen-bond acceptors (Lipinski definition) is 8. The maximum absolute atomic E-state index is 12.9. The quantitative estimate of drug-likeness (QED) is 0.364. The van der Waals surface area contributed by atoms with Gasteiger partial charge in [-0.3, -0.25) is 28.9 Å². The van der Waals surface area contributed by atoms with E-state index in [1.807, 2.05) is 6.92 Å². The minimum atomic E-state index is -0.481. The number of carbonyl (C=O) groups excluding carboxylic acids is 5. The Kier molecular flexibility index (Phi) is 9.81. The average molecular weight is 454 g/mol. The molecular formula is C23H35NO8. The molecule has 0 radical (unpaired) electrons. The summed E-state index contributed by atoms with van der Waals surface area (Å²) in [6, 6.07) is 0. The van der Waals surface area contributed by atoms with Crippen LogP contribution in [0.5, 0.6) is 0 Å². The molecule has 2 rings (SSSR count). The number of imide groups is 1. The Morgan fingerprint density at radius 3 is 2.16 bits per heavy atom. The van der Waals surface area contributed by atoms with Crippen molar-refractivity contribution >= 4 is 29.5 Å². The molecule has 2 aliphatic rings. The number of hydrogen-bond donors (Lipinski definition) is 0. The second-order valence-electron chi connectivity index (χ2n) is 9.00. The third kappa shape index (κ3) is 7.12. The fraction of sp³-hybridized carbons (Fsp3) is 0.783. The second-order valence-corrected chi connectivity index (χ2v) is 9.00. The van der Waals surface area contributed by atoms with Crippen molar-refractivity contribution in [3.8, 4) is 0 Å². The number of amides is 2. The van der Waals surface area contributed by atoms with Crippen molar-refractivity contribution in [1.82, 2.24) is 4.90 Å². The third-order valence-corrected chi connectivity index (χ3v) is 6.44. The highest BCUT2D eigenvalue weighted by Crippen LogP contribution is 2.36. The van der Waals surface area contributed by atoms with E-state index in [2.05, 4.69) is 16.4 Å². The number of ether oxygens (including phenoxy) is 3. The van der Waals surface area contributed by atoms with Gasteiger partial charge in [0.15, 0.2) is 0 Å². The van der Waals surface area contributed by atoms with Gasteiger partial charge in [-0.1, -0.05) is 13.8 Å². The zero-order valence-electron chi connectivity index (χ0n) is 19.5. The first-order valence-electron chi connectivity index (χ1n) is 11.3. The van der Waals surface area contributed by atoms with Crippen LogP contribution in [0.15, 0.2) is 0 Å². The predicted molar refractivity (Wildman–Crippen MR) is 113 cm³/mol. The Morgan fingerprint density at radius 2 is 1.56 bits per heavy atom. The minimum Gasteiger partial charge on any atom is -0.469 e. The van der Waals surface area contributed by atoms with E-state index in [0.29, 0.717) is 18.8 Å². The Labute approximate surface area is 189 Å². The van der Waals surface area contributed by atoms with Crippen LogP contribution in [0.3, 0.4) is 0 Å². The predicted octanol–water partition coefficient (Wildman–Crippen LogP) is 1.90. The molecule has 32 heavy (non-hydrogen) atoms. The summed E-state index contributed by atoms with van der Waals surface area (Å²) in [5.74, 6) is -1.70. The van der Waals surface area contributed by atoms with Gasteiger partial charge in [0.2, 0.25) is 11.8 Å². The number of ketones is 1. The smallest absolute Gasteiger partial charge is 0.307 e. The number of esters is 2. The molecule has 2 unspecified atom stereocenters. The van der Waals surface area contributed by atoms with Gasteiger partial charge in [-0.2, -0.15) is 0 Å².